The van der Waals surface area contributed by atoms with Gasteiger partial charge in [-0.2, -0.15) is 0 Å². The lowest BCUT2D eigenvalue weighted by Crippen LogP contribution is -2.51. The van der Waals surface area contributed by atoms with Crippen LogP contribution in [0.25, 0.3) is 6.08 Å². The molecule has 0 aromatic carbocycles. The van der Waals surface area contributed by atoms with Crippen molar-refractivity contribution < 1.29 is 14.7 Å². The van der Waals surface area contributed by atoms with E-state index in [0.29, 0.717) is 11.3 Å². The summed E-state index contributed by atoms with van der Waals surface area (Å²) in [5, 5.41) is 11.5. The fourth-order valence-corrected chi connectivity index (χ4v) is 1.98. The van der Waals surface area contributed by atoms with E-state index in [1.807, 2.05) is 6.92 Å². The largest absolute Gasteiger partial charge is 0.478 e. The van der Waals surface area contributed by atoms with E-state index >= 15 is 0 Å². The van der Waals surface area contributed by atoms with Crippen molar-refractivity contribution in [3.8, 4) is 0 Å². The normalized spacial score (nSPS) is 16.9. The predicted molar refractivity (Wildman–Crippen MR) is 70.6 cm³/mol. The molecule has 0 spiro atoms. The number of nitrogens with zero attached hydrogens (tertiary/aromatic N) is 1. The highest BCUT2D eigenvalue weighted by molar-refractivity contribution is 5.93. The standard InChI is InChI=1S/C14H16N2O3/c1-14(7-2-8-14)16-13(19)11-5-3-10(9-15-11)4-6-12(17)18/h3-6,9H,2,7-8H2,1H3,(H,16,19)(H,17,18)/b6-4+. The van der Waals surface area contributed by atoms with Gasteiger partial charge in [-0.15, -0.1) is 0 Å². The Labute approximate surface area is 111 Å². The number of aromatic nitrogens is 1. The molecule has 1 heterocycles. The number of hydrogen-bond acceptors (Lipinski definition) is 3. The first-order valence-corrected chi connectivity index (χ1v) is 6.18. The Hall–Kier alpha value is -2.17. The molecule has 1 aromatic heterocycles. The van der Waals surface area contributed by atoms with Crippen LogP contribution in [0.3, 0.4) is 0 Å². The lowest BCUT2D eigenvalue weighted by molar-refractivity contribution is -0.131. The highest BCUT2D eigenvalue weighted by Crippen LogP contribution is 2.31. The lowest BCUT2D eigenvalue weighted by Gasteiger charge is -2.38. The SMILES string of the molecule is CC1(NC(=O)c2ccc(/C=C/C(=O)O)cn2)CCC1. The second kappa shape index (κ2) is 5.22. The van der Waals surface area contributed by atoms with E-state index in [-0.39, 0.29) is 11.4 Å². The highest BCUT2D eigenvalue weighted by atomic mass is 16.4. The van der Waals surface area contributed by atoms with Gasteiger partial charge in [0.1, 0.15) is 5.69 Å². The van der Waals surface area contributed by atoms with Crippen LogP contribution >= 0.6 is 0 Å². The molecule has 0 aliphatic heterocycles. The number of rotatable bonds is 4. The molecule has 1 fully saturated rings. The molecule has 1 aliphatic carbocycles. The molecule has 19 heavy (non-hydrogen) atoms. The minimum absolute atomic E-state index is 0.0966. The topological polar surface area (TPSA) is 79.3 Å². The monoisotopic (exact) mass is 260 g/mol. The molecule has 100 valence electrons. The van der Waals surface area contributed by atoms with E-state index < -0.39 is 5.97 Å². The first-order chi connectivity index (χ1) is 8.98. The molecule has 0 unspecified atom stereocenters. The van der Waals surface area contributed by atoms with Gasteiger partial charge in [0.05, 0.1) is 0 Å². The minimum Gasteiger partial charge on any atom is -0.478 e. The maximum atomic E-state index is 11.9. The summed E-state index contributed by atoms with van der Waals surface area (Å²) in [4.78, 5) is 26.4. The fraction of sp³-hybridized carbons (Fsp3) is 0.357. The van der Waals surface area contributed by atoms with Crippen LogP contribution < -0.4 is 5.32 Å². The Morgan fingerprint density at radius 2 is 2.16 bits per heavy atom. The van der Waals surface area contributed by atoms with E-state index in [1.165, 1.54) is 12.3 Å². The van der Waals surface area contributed by atoms with E-state index in [2.05, 4.69) is 10.3 Å². The summed E-state index contributed by atoms with van der Waals surface area (Å²) in [7, 11) is 0. The number of carboxylic acid groups (broad SMARTS) is 1. The van der Waals surface area contributed by atoms with Crippen LogP contribution in [0.1, 0.15) is 42.2 Å². The van der Waals surface area contributed by atoms with Gasteiger partial charge in [-0.3, -0.25) is 9.78 Å². The van der Waals surface area contributed by atoms with Crippen molar-refractivity contribution in [2.24, 2.45) is 0 Å². The van der Waals surface area contributed by atoms with Crippen molar-refractivity contribution in [2.75, 3.05) is 0 Å². The summed E-state index contributed by atoms with van der Waals surface area (Å²) >= 11 is 0. The van der Waals surface area contributed by atoms with Gasteiger partial charge in [0.2, 0.25) is 0 Å². The molecule has 0 atom stereocenters. The Bertz CT molecular complexity index is 516. The number of carbonyl (C=O) groups excluding carboxylic acids is 1. The summed E-state index contributed by atoms with van der Waals surface area (Å²) in [6.45, 7) is 2.03. The van der Waals surface area contributed by atoms with E-state index in [4.69, 9.17) is 5.11 Å². The predicted octanol–water partition coefficient (Wildman–Crippen LogP) is 1.85. The second-order valence-corrected chi connectivity index (χ2v) is 5.02. The van der Waals surface area contributed by atoms with Gasteiger partial charge >= 0.3 is 5.97 Å². The van der Waals surface area contributed by atoms with Crippen LogP contribution in [0.2, 0.25) is 0 Å². The fourth-order valence-electron chi connectivity index (χ4n) is 1.98. The van der Waals surface area contributed by atoms with Gasteiger partial charge in [0, 0.05) is 17.8 Å². The van der Waals surface area contributed by atoms with Crippen molar-refractivity contribution in [3.63, 3.8) is 0 Å². The van der Waals surface area contributed by atoms with Crippen LogP contribution in [0.15, 0.2) is 24.4 Å². The number of hydrogen-bond donors (Lipinski definition) is 2. The van der Waals surface area contributed by atoms with Crippen LogP contribution in [0.5, 0.6) is 0 Å². The zero-order chi connectivity index (χ0) is 13.9. The molecule has 1 aliphatic rings. The van der Waals surface area contributed by atoms with Gasteiger partial charge in [0.15, 0.2) is 0 Å². The third kappa shape index (κ3) is 3.40. The van der Waals surface area contributed by atoms with Crippen molar-refractivity contribution in [2.45, 2.75) is 31.7 Å². The second-order valence-electron chi connectivity index (χ2n) is 5.02. The summed E-state index contributed by atoms with van der Waals surface area (Å²) in [5.41, 5.74) is 0.898. The zero-order valence-electron chi connectivity index (χ0n) is 10.7. The Balaban J connectivity index is 2.01. The summed E-state index contributed by atoms with van der Waals surface area (Å²) in [6.07, 6.45) is 7.09. The average Bonchev–Trinajstić information content (AvgIpc) is 2.35. The van der Waals surface area contributed by atoms with E-state index in [0.717, 1.165) is 25.3 Å². The number of carbonyl (C=O) groups is 2. The molecule has 2 rings (SSSR count). The van der Waals surface area contributed by atoms with Crippen LogP contribution in [0.4, 0.5) is 0 Å². The third-order valence-electron chi connectivity index (χ3n) is 3.31. The molecule has 1 saturated carbocycles. The zero-order valence-corrected chi connectivity index (χ0v) is 10.7. The molecule has 5 nitrogen and oxygen atoms in total. The average molecular weight is 260 g/mol. The number of nitrogens with one attached hydrogen (secondary N) is 1. The number of pyridine rings is 1. The first kappa shape index (κ1) is 13.3. The molecule has 0 bridgehead atoms. The number of aliphatic carboxylic acids is 1. The highest BCUT2D eigenvalue weighted by Gasteiger charge is 2.33. The maximum Gasteiger partial charge on any atom is 0.328 e. The summed E-state index contributed by atoms with van der Waals surface area (Å²) in [5.74, 6) is -1.20. The maximum absolute atomic E-state index is 11.9. The van der Waals surface area contributed by atoms with Crippen molar-refractivity contribution >= 4 is 18.0 Å². The van der Waals surface area contributed by atoms with Crippen LogP contribution in [-0.2, 0) is 4.79 Å². The Morgan fingerprint density at radius 1 is 1.42 bits per heavy atom. The number of amides is 1. The summed E-state index contributed by atoms with van der Waals surface area (Å²) < 4.78 is 0. The molecule has 5 heteroatoms. The smallest absolute Gasteiger partial charge is 0.328 e. The van der Waals surface area contributed by atoms with Gasteiger partial charge in [-0.25, -0.2) is 4.79 Å². The van der Waals surface area contributed by atoms with Crippen molar-refractivity contribution in [1.82, 2.24) is 10.3 Å². The van der Waals surface area contributed by atoms with Crippen molar-refractivity contribution in [1.29, 1.82) is 0 Å². The Morgan fingerprint density at radius 3 is 2.63 bits per heavy atom. The number of carboxylic acids is 1. The molecule has 1 amide bonds. The molecule has 2 N–H and O–H groups in total. The van der Waals surface area contributed by atoms with E-state index in [9.17, 15) is 9.59 Å². The molecule has 1 aromatic rings. The van der Waals surface area contributed by atoms with Crippen LogP contribution in [-0.4, -0.2) is 27.5 Å². The van der Waals surface area contributed by atoms with Crippen molar-refractivity contribution in [3.05, 3.63) is 35.7 Å². The van der Waals surface area contributed by atoms with Gasteiger partial charge < -0.3 is 10.4 Å². The molecule has 0 radical (unpaired) electrons. The third-order valence-corrected chi connectivity index (χ3v) is 3.31. The molecular formula is C14H16N2O3. The van der Waals surface area contributed by atoms with Gasteiger partial charge in [-0.05, 0) is 43.9 Å². The minimum atomic E-state index is -1.01. The molecule has 0 saturated heterocycles. The lowest BCUT2D eigenvalue weighted by atomic mass is 9.78. The van der Waals surface area contributed by atoms with Gasteiger partial charge in [0.25, 0.3) is 5.91 Å². The van der Waals surface area contributed by atoms with E-state index in [1.54, 1.807) is 12.1 Å². The van der Waals surface area contributed by atoms with Crippen LogP contribution in [0, 0.1) is 0 Å². The quantitative estimate of drug-likeness (QED) is 0.810. The Kier molecular flexibility index (Phi) is 3.64. The first-order valence-electron chi connectivity index (χ1n) is 6.18. The molecular weight excluding hydrogens is 244 g/mol. The van der Waals surface area contributed by atoms with Gasteiger partial charge in [-0.1, -0.05) is 6.07 Å². The summed E-state index contributed by atoms with van der Waals surface area (Å²) in [6, 6.07) is 3.27.